The van der Waals surface area contributed by atoms with Gasteiger partial charge in [0.1, 0.15) is 0 Å². The summed E-state index contributed by atoms with van der Waals surface area (Å²) in [5.74, 6) is 0. The van der Waals surface area contributed by atoms with Crippen LogP contribution in [-0.4, -0.2) is 16.5 Å². The molecule has 0 radical (unpaired) electrons. The Balaban J connectivity index is 1.97. The third-order valence-electron chi connectivity index (χ3n) is 3.18. The summed E-state index contributed by atoms with van der Waals surface area (Å²) in [6.45, 7) is 4.06. The first-order chi connectivity index (χ1) is 6.63. The van der Waals surface area contributed by atoms with Gasteiger partial charge < -0.3 is 5.11 Å². The summed E-state index contributed by atoms with van der Waals surface area (Å²) < 4.78 is 0. The molecule has 1 N–H and O–H groups in total. The molecule has 1 aliphatic carbocycles. The standard InChI is InChI=1S/C12H16OS/c1-9(13)12(2)8-11(12)14-10-6-4-3-5-7-10/h3-7,9,11,13H,8H2,1-2H3/t9?,11-,12-/m0/s1. The molecule has 0 saturated heterocycles. The van der Waals surface area contributed by atoms with Gasteiger partial charge in [-0.2, -0.15) is 0 Å². The fourth-order valence-corrected chi connectivity index (χ4v) is 3.17. The van der Waals surface area contributed by atoms with Crippen molar-refractivity contribution in [1.29, 1.82) is 0 Å². The van der Waals surface area contributed by atoms with Crippen LogP contribution in [0.1, 0.15) is 20.3 Å². The Hall–Kier alpha value is -0.470. The van der Waals surface area contributed by atoms with Crippen molar-refractivity contribution in [2.75, 3.05) is 0 Å². The van der Waals surface area contributed by atoms with Gasteiger partial charge in [-0.25, -0.2) is 0 Å². The van der Waals surface area contributed by atoms with E-state index in [0.29, 0.717) is 5.25 Å². The molecular formula is C12H16OS. The van der Waals surface area contributed by atoms with E-state index >= 15 is 0 Å². The van der Waals surface area contributed by atoms with Crippen LogP contribution < -0.4 is 0 Å². The average Bonchev–Trinajstić information content (AvgIpc) is 2.80. The zero-order chi connectivity index (χ0) is 10.2. The van der Waals surface area contributed by atoms with Crippen molar-refractivity contribution in [1.82, 2.24) is 0 Å². The molecule has 2 heteroatoms. The summed E-state index contributed by atoms with van der Waals surface area (Å²) in [6.07, 6.45) is 0.938. The lowest BCUT2D eigenvalue weighted by molar-refractivity contribution is 0.122. The largest absolute Gasteiger partial charge is 0.393 e. The molecule has 1 nitrogen and oxygen atoms in total. The number of hydrogen-bond donors (Lipinski definition) is 1. The highest BCUT2D eigenvalue weighted by molar-refractivity contribution is 8.00. The van der Waals surface area contributed by atoms with Gasteiger partial charge in [0.15, 0.2) is 0 Å². The Bertz CT molecular complexity index is 309. The zero-order valence-electron chi connectivity index (χ0n) is 8.60. The van der Waals surface area contributed by atoms with E-state index in [-0.39, 0.29) is 11.5 Å². The van der Waals surface area contributed by atoms with Gasteiger partial charge in [-0.15, -0.1) is 11.8 Å². The third-order valence-corrected chi connectivity index (χ3v) is 4.71. The maximum Gasteiger partial charge on any atom is 0.0576 e. The molecule has 0 spiro atoms. The van der Waals surface area contributed by atoms with Crippen LogP contribution in [0.4, 0.5) is 0 Å². The zero-order valence-corrected chi connectivity index (χ0v) is 9.42. The highest BCUT2D eigenvalue weighted by Crippen LogP contribution is 2.57. The van der Waals surface area contributed by atoms with E-state index in [4.69, 9.17) is 0 Å². The van der Waals surface area contributed by atoms with E-state index in [9.17, 15) is 5.11 Å². The lowest BCUT2D eigenvalue weighted by Gasteiger charge is -2.13. The van der Waals surface area contributed by atoms with Gasteiger partial charge in [0, 0.05) is 15.6 Å². The van der Waals surface area contributed by atoms with Crippen LogP contribution in [0.5, 0.6) is 0 Å². The van der Waals surface area contributed by atoms with Crippen molar-refractivity contribution in [2.45, 2.75) is 36.5 Å². The summed E-state index contributed by atoms with van der Waals surface area (Å²) in [7, 11) is 0. The van der Waals surface area contributed by atoms with Crippen LogP contribution in [0.3, 0.4) is 0 Å². The summed E-state index contributed by atoms with van der Waals surface area (Å²) in [5.41, 5.74) is 0.139. The van der Waals surface area contributed by atoms with Gasteiger partial charge in [-0.1, -0.05) is 25.1 Å². The van der Waals surface area contributed by atoms with Crippen LogP contribution in [0.2, 0.25) is 0 Å². The summed E-state index contributed by atoms with van der Waals surface area (Å²) >= 11 is 1.88. The maximum atomic E-state index is 9.59. The highest BCUT2D eigenvalue weighted by atomic mass is 32.2. The van der Waals surface area contributed by atoms with E-state index in [2.05, 4.69) is 31.2 Å². The second-order valence-corrected chi connectivity index (χ2v) is 5.58. The molecule has 0 amide bonds. The van der Waals surface area contributed by atoms with Crippen LogP contribution in [0.25, 0.3) is 0 Å². The molecule has 1 saturated carbocycles. The number of aliphatic hydroxyl groups is 1. The van der Waals surface area contributed by atoms with Crippen LogP contribution in [-0.2, 0) is 0 Å². The van der Waals surface area contributed by atoms with Gasteiger partial charge in [-0.05, 0) is 25.5 Å². The molecule has 1 aromatic carbocycles. The number of rotatable bonds is 3. The molecule has 76 valence electrons. The van der Waals surface area contributed by atoms with E-state index in [1.807, 2.05) is 24.8 Å². The number of thioether (sulfide) groups is 1. The minimum atomic E-state index is -0.191. The first-order valence-electron chi connectivity index (χ1n) is 5.03. The lowest BCUT2D eigenvalue weighted by atomic mass is 10.0. The Morgan fingerprint density at radius 2 is 2.07 bits per heavy atom. The number of aliphatic hydroxyl groups excluding tert-OH is 1. The van der Waals surface area contributed by atoms with E-state index < -0.39 is 0 Å². The van der Waals surface area contributed by atoms with Crippen molar-refractivity contribution < 1.29 is 5.11 Å². The molecule has 0 aromatic heterocycles. The summed E-state index contributed by atoms with van der Waals surface area (Å²) in [4.78, 5) is 1.31. The Kier molecular flexibility index (Phi) is 2.58. The fourth-order valence-electron chi connectivity index (χ4n) is 1.62. The smallest absolute Gasteiger partial charge is 0.0576 e. The van der Waals surface area contributed by atoms with Crippen LogP contribution in [0.15, 0.2) is 35.2 Å². The third kappa shape index (κ3) is 1.82. The monoisotopic (exact) mass is 208 g/mol. The van der Waals surface area contributed by atoms with Gasteiger partial charge >= 0.3 is 0 Å². The maximum absolute atomic E-state index is 9.59. The quantitative estimate of drug-likeness (QED) is 0.824. The molecule has 14 heavy (non-hydrogen) atoms. The fraction of sp³-hybridized carbons (Fsp3) is 0.500. The van der Waals surface area contributed by atoms with Crippen molar-refractivity contribution in [3.8, 4) is 0 Å². The molecule has 2 rings (SSSR count). The minimum absolute atomic E-state index is 0.139. The minimum Gasteiger partial charge on any atom is -0.393 e. The molecule has 1 fully saturated rings. The van der Waals surface area contributed by atoms with Crippen molar-refractivity contribution in [3.63, 3.8) is 0 Å². The van der Waals surface area contributed by atoms with E-state index in [0.717, 1.165) is 6.42 Å². The molecular weight excluding hydrogens is 192 g/mol. The van der Waals surface area contributed by atoms with Crippen LogP contribution >= 0.6 is 11.8 Å². The predicted molar refractivity (Wildman–Crippen MR) is 60.5 cm³/mol. The van der Waals surface area contributed by atoms with Gasteiger partial charge in [0.2, 0.25) is 0 Å². The number of hydrogen-bond acceptors (Lipinski definition) is 2. The second-order valence-electron chi connectivity index (χ2n) is 4.31. The normalized spacial score (nSPS) is 32.6. The van der Waals surface area contributed by atoms with Gasteiger partial charge in [0.05, 0.1) is 6.10 Å². The summed E-state index contributed by atoms with van der Waals surface area (Å²) in [5, 5.41) is 10.2. The van der Waals surface area contributed by atoms with Crippen LogP contribution in [0, 0.1) is 5.41 Å². The molecule has 1 aromatic rings. The summed E-state index contributed by atoms with van der Waals surface area (Å²) in [6, 6.07) is 10.4. The van der Waals surface area contributed by atoms with E-state index in [1.165, 1.54) is 4.90 Å². The van der Waals surface area contributed by atoms with Crippen molar-refractivity contribution in [2.24, 2.45) is 5.41 Å². The number of benzene rings is 1. The molecule has 1 aliphatic rings. The lowest BCUT2D eigenvalue weighted by Crippen LogP contribution is -2.17. The molecule has 0 aliphatic heterocycles. The highest BCUT2D eigenvalue weighted by Gasteiger charge is 2.53. The van der Waals surface area contributed by atoms with E-state index in [1.54, 1.807) is 0 Å². The first kappa shape index (κ1) is 10.1. The second kappa shape index (κ2) is 3.59. The molecule has 3 atom stereocenters. The Labute approximate surface area is 89.5 Å². The SMILES string of the molecule is CC(O)[C@]1(C)C[C@@H]1Sc1ccccc1. The molecule has 1 unspecified atom stereocenters. The Morgan fingerprint density at radius 1 is 1.43 bits per heavy atom. The average molecular weight is 208 g/mol. The first-order valence-corrected chi connectivity index (χ1v) is 5.90. The molecule has 0 bridgehead atoms. The van der Waals surface area contributed by atoms with Gasteiger partial charge in [0.25, 0.3) is 0 Å². The van der Waals surface area contributed by atoms with Gasteiger partial charge in [-0.3, -0.25) is 0 Å². The van der Waals surface area contributed by atoms with Crippen molar-refractivity contribution >= 4 is 11.8 Å². The van der Waals surface area contributed by atoms with Crippen molar-refractivity contribution in [3.05, 3.63) is 30.3 Å². The molecule has 0 heterocycles. The Morgan fingerprint density at radius 3 is 2.57 bits per heavy atom. The topological polar surface area (TPSA) is 20.2 Å². The predicted octanol–water partition coefficient (Wildman–Crippen LogP) is 2.94.